The Morgan fingerprint density at radius 3 is 2.83 bits per heavy atom. The molecule has 0 amide bonds. The molecule has 2 aromatic rings. The number of nitrogens with one attached hydrogen (secondary N) is 2. The predicted octanol–water partition coefficient (Wildman–Crippen LogP) is 1.59. The zero-order valence-electron chi connectivity index (χ0n) is 12.8. The topological polar surface area (TPSA) is 97.0 Å². The number of ether oxygens (including phenoxy) is 1. The Hall–Kier alpha value is -1.91. The maximum atomic E-state index is 13.8. The van der Waals surface area contributed by atoms with Crippen LogP contribution in [0.2, 0.25) is 0 Å². The maximum Gasteiger partial charge on any atom is 0.243 e. The van der Waals surface area contributed by atoms with Crippen LogP contribution in [-0.4, -0.2) is 36.2 Å². The van der Waals surface area contributed by atoms with Crippen LogP contribution in [-0.2, 0) is 14.8 Å². The van der Waals surface area contributed by atoms with Crippen LogP contribution >= 0.6 is 0 Å². The van der Waals surface area contributed by atoms with Gasteiger partial charge in [0, 0.05) is 6.54 Å². The van der Waals surface area contributed by atoms with Gasteiger partial charge in [-0.05, 0) is 37.5 Å². The van der Waals surface area contributed by atoms with Gasteiger partial charge in [-0.3, -0.25) is 5.10 Å². The van der Waals surface area contributed by atoms with Crippen LogP contribution in [0.25, 0.3) is 0 Å². The van der Waals surface area contributed by atoms with Crippen LogP contribution in [0.1, 0.15) is 30.3 Å². The maximum absolute atomic E-state index is 13.8. The van der Waals surface area contributed by atoms with Crippen molar-refractivity contribution in [2.24, 2.45) is 0 Å². The number of aromatic nitrogens is 3. The van der Waals surface area contributed by atoms with Crippen molar-refractivity contribution in [1.82, 2.24) is 19.9 Å². The first kappa shape index (κ1) is 16.9. The van der Waals surface area contributed by atoms with E-state index >= 15 is 0 Å². The Morgan fingerprint density at radius 1 is 1.33 bits per heavy atom. The molecule has 0 spiro atoms. The number of nitrogens with zero attached hydrogens (tertiary/aromatic N) is 2. The molecule has 0 bridgehead atoms. The van der Waals surface area contributed by atoms with E-state index in [-0.39, 0.29) is 24.3 Å². The van der Waals surface area contributed by atoms with E-state index in [9.17, 15) is 17.2 Å². The second kappa shape index (κ2) is 6.54. The minimum Gasteiger partial charge on any atom is -0.366 e. The molecule has 1 aliphatic rings. The van der Waals surface area contributed by atoms with Gasteiger partial charge < -0.3 is 4.74 Å². The minimum absolute atomic E-state index is 0.0398. The summed E-state index contributed by atoms with van der Waals surface area (Å²) < 4.78 is 59.7. The summed E-state index contributed by atoms with van der Waals surface area (Å²) in [7, 11) is -4.17. The molecule has 2 atom stereocenters. The first-order valence-corrected chi connectivity index (χ1v) is 8.81. The number of halogens is 2. The monoisotopic (exact) mass is 358 g/mol. The Bertz CT molecular complexity index is 827. The summed E-state index contributed by atoms with van der Waals surface area (Å²) in [6.45, 7) is 1.32. The smallest absolute Gasteiger partial charge is 0.243 e. The van der Waals surface area contributed by atoms with Crippen molar-refractivity contribution in [2.75, 3.05) is 6.54 Å². The number of aromatic amines is 1. The van der Waals surface area contributed by atoms with Crippen LogP contribution in [0.4, 0.5) is 8.78 Å². The predicted molar refractivity (Wildman–Crippen MR) is 79.5 cm³/mol. The van der Waals surface area contributed by atoms with Gasteiger partial charge in [-0.15, -0.1) is 0 Å². The Morgan fingerprint density at radius 2 is 2.12 bits per heavy atom. The van der Waals surface area contributed by atoms with Gasteiger partial charge in [0.2, 0.25) is 10.0 Å². The van der Waals surface area contributed by atoms with Gasteiger partial charge in [0.15, 0.2) is 5.82 Å². The molecule has 3 rings (SSSR count). The van der Waals surface area contributed by atoms with E-state index in [1.165, 1.54) is 13.3 Å². The zero-order chi connectivity index (χ0) is 17.3. The summed E-state index contributed by atoms with van der Waals surface area (Å²) in [5, 5.41) is 6.44. The van der Waals surface area contributed by atoms with E-state index in [1.807, 2.05) is 0 Å². The lowest BCUT2D eigenvalue weighted by Crippen LogP contribution is -2.32. The molecule has 0 unspecified atom stereocenters. The molecule has 1 saturated heterocycles. The third-order valence-corrected chi connectivity index (χ3v) is 5.29. The number of hydrogen-bond donors (Lipinski definition) is 2. The minimum atomic E-state index is -4.17. The van der Waals surface area contributed by atoms with Gasteiger partial charge >= 0.3 is 0 Å². The summed E-state index contributed by atoms with van der Waals surface area (Å²) in [5.74, 6) is -1.19. The molecule has 10 heteroatoms. The average Bonchev–Trinajstić information content (AvgIpc) is 3.19. The van der Waals surface area contributed by atoms with E-state index in [4.69, 9.17) is 4.74 Å². The average molecular weight is 358 g/mol. The lowest BCUT2D eigenvalue weighted by Gasteiger charge is -2.14. The molecule has 24 heavy (non-hydrogen) atoms. The molecule has 130 valence electrons. The quantitative estimate of drug-likeness (QED) is 0.846. The number of rotatable bonds is 5. The van der Waals surface area contributed by atoms with Gasteiger partial charge in [0.25, 0.3) is 0 Å². The van der Waals surface area contributed by atoms with Crippen molar-refractivity contribution < 1.29 is 21.9 Å². The lowest BCUT2D eigenvalue weighted by molar-refractivity contribution is 0.0430. The summed E-state index contributed by atoms with van der Waals surface area (Å²) >= 11 is 0. The number of hydrogen-bond acceptors (Lipinski definition) is 5. The van der Waals surface area contributed by atoms with E-state index in [0.717, 1.165) is 6.07 Å². The highest BCUT2D eigenvalue weighted by molar-refractivity contribution is 7.89. The number of benzene rings is 1. The van der Waals surface area contributed by atoms with E-state index in [1.54, 1.807) is 0 Å². The van der Waals surface area contributed by atoms with E-state index < -0.39 is 26.6 Å². The summed E-state index contributed by atoms with van der Waals surface area (Å²) in [5.41, 5.74) is 0.0421. The molecule has 1 fully saturated rings. The Kier molecular flexibility index (Phi) is 4.61. The fourth-order valence-electron chi connectivity index (χ4n) is 2.54. The molecule has 2 heterocycles. The normalized spacial score (nSPS) is 21.3. The molecular formula is C14H16F2N4O3S. The second-order valence-electron chi connectivity index (χ2n) is 5.58. The molecule has 1 aromatic carbocycles. The second-order valence-corrected chi connectivity index (χ2v) is 7.31. The van der Waals surface area contributed by atoms with Gasteiger partial charge in [-0.2, -0.15) is 5.10 Å². The first-order valence-electron chi connectivity index (χ1n) is 7.33. The highest BCUT2D eigenvalue weighted by atomic mass is 32.2. The summed E-state index contributed by atoms with van der Waals surface area (Å²) in [6, 6.07) is 1.54. The van der Waals surface area contributed by atoms with Gasteiger partial charge in [-0.1, -0.05) is 0 Å². The molecule has 0 saturated carbocycles. The van der Waals surface area contributed by atoms with Gasteiger partial charge in [0.05, 0.1) is 6.10 Å². The molecule has 1 aromatic heterocycles. The SMILES string of the molecule is Cc1cc(F)c(S(=O)(=O)NC[C@H]2CC[C@@H](c3ncn[nH]3)O2)cc1F. The molecule has 0 aliphatic carbocycles. The van der Waals surface area contributed by atoms with Crippen molar-refractivity contribution in [2.45, 2.75) is 36.9 Å². The molecular weight excluding hydrogens is 342 g/mol. The summed E-state index contributed by atoms with van der Waals surface area (Å²) in [4.78, 5) is 3.28. The molecule has 1 aliphatic heterocycles. The molecule has 7 nitrogen and oxygen atoms in total. The van der Waals surface area contributed by atoms with Crippen molar-refractivity contribution >= 4 is 10.0 Å². The lowest BCUT2D eigenvalue weighted by atomic mass is 10.2. The zero-order valence-corrected chi connectivity index (χ0v) is 13.6. The standard InChI is InChI=1S/C14H16F2N4O3S/c1-8-4-11(16)13(5-10(8)15)24(21,22)19-6-9-2-3-12(23-9)14-17-7-18-20-14/h4-5,7,9,12,19H,2-3,6H2,1H3,(H,17,18,20)/t9-,12+/m1/s1. The van der Waals surface area contributed by atoms with Crippen LogP contribution < -0.4 is 4.72 Å². The van der Waals surface area contributed by atoms with Crippen LogP contribution in [0, 0.1) is 18.6 Å². The largest absolute Gasteiger partial charge is 0.366 e. The molecule has 0 radical (unpaired) electrons. The third kappa shape index (κ3) is 3.45. The number of aryl methyl sites for hydroxylation is 1. The van der Waals surface area contributed by atoms with Crippen molar-refractivity contribution in [3.8, 4) is 0 Å². The van der Waals surface area contributed by atoms with Crippen LogP contribution in [0.5, 0.6) is 0 Å². The number of sulfonamides is 1. The Labute approximate surface area is 137 Å². The highest BCUT2D eigenvalue weighted by Gasteiger charge is 2.30. The van der Waals surface area contributed by atoms with Crippen LogP contribution in [0.3, 0.4) is 0 Å². The van der Waals surface area contributed by atoms with Gasteiger partial charge in [-0.25, -0.2) is 26.9 Å². The number of H-pyrrole nitrogens is 1. The summed E-state index contributed by atoms with van der Waals surface area (Å²) in [6.07, 6.45) is 1.97. The fourth-order valence-corrected chi connectivity index (χ4v) is 3.68. The highest BCUT2D eigenvalue weighted by Crippen LogP contribution is 2.30. The van der Waals surface area contributed by atoms with Gasteiger partial charge in [0.1, 0.15) is 29.0 Å². The van der Waals surface area contributed by atoms with Crippen molar-refractivity contribution in [3.05, 3.63) is 41.5 Å². The van der Waals surface area contributed by atoms with Crippen molar-refractivity contribution in [3.63, 3.8) is 0 Å². The van der Waals surface area contributed by atoms with E-state index in [2.05, 4.69) is 19.9 Å². The first-order chi connectivity index (χ1) is 11.4. The third-order valence-electron chi connectivity index (χ3n) is 3.85. The Balaban J connectivity index is 1.65. The molecule has 2 N–H and O–H groups in total. The van der Waals surface area contributed by atoms with Crippen LogP contribution in [0.15, 0.2) is 23.4 Å². The van der Waals surface area contributed by atoms with E-state index in [0.29, 0.717) is 24.7 Å². The van der Waals surface area contributed by atoms with Crippen molar-refractivity contribution in [1.29, 1.82) is 0 Å². The fraction of sp³-hybridized carbons (Fsp3) is 0.429.